The van der Waals surface area contributed by atoms with Crippen LogP contribution in [-0.2, 0) is 17.4 Å². The summed E-state index contributed by atoms with van der Waals surface area (Å²) in [7, 11) is 1.86. The Morgan fingerprint density at radius 3 is 2.49 bits per heavy atom. The van der Waals surface area contributed by atoms with E-state index in [1.165, 1.54) is 5.56 Å². The van der Waals surface area contributed by atoms with Crippen molar-refractivity contribution in [3.05, 3.63) is 77.9 Å². The Labute approximate surface area is 226 Å². The number of rotatable bonds is 6. The molecule has 0 radical (unpaired) electrons. The van der Waals surface area contributed by atoms with Gasteiger partial charge < -0.3 is 14.4 Å². The van der Waals surface area contributed by atoms with Crippen molar-refractivity contribution >= 4 is 21.9 Å². The topological polar surface area (TPSA) is 78.0 Å². The molecule has 0 spiro atoms. The number of hydrogen-bond acceptors (Lipinski definition) is 5. The molecule has 1 saturated heterocycles. The largest absolute Gasteiger partial charge is 0.385 e. The van der Waals surface area contributed by atoms with Gasteiger partial charge in [-0.25, -0.2) is 9.07 Å². The van der Waals surface area contributed by atoms with Crippen molar-refractivity contribution < 1.29 is 14.2 Å². The van der Waals surface area contributed by atoms with Crippen molar-refractivity contribution in [2.24, 2.45) is 18.9 Å². The van der Waals surface area contributed by atoms with Crippen molar-refractivity contribution in [2.45, 2.75) is 44.2 Å². The van der Waals surface area contributed by atoms with Crippen LogP contribution >= 0.6 is 0 Å². The van der Waals surface area contributed by atoms with Crippen LogP contribution in [0, 0.1) is 17.7 Å². The third-order valence-corrected chi connectivity index (χ3v) is 8.79. The Bertz CT molecular complexity index is 1670. The number of nitrogens with zero attached hydrogens (tertiary/aromatic N) is 5. The normalized spacial score (nSPS) is 19.0. The molecular weight excluding hydrogens is 493 g/mol. The van der Waals surface area contributed by atoms with Gasteiger partial charge in [-0.3, -0.25) is 4.98 Å². The Morgan fingerprint density at radius 2 is 1.79 bits per heavy atom. The van der Waals surface area contributed by atoms with Crippen molar-refractivity contribution in [1.29, 1.82) is 0 Å². The lowest BCUT2D eigenvalue weighted by Gasteiger charge is -2.33. The molecule has 2 aliphatic rings. The van der Waals surface area contributed by atoms with Gasteiger partial charge in [-0.1, -0.05) is 35.5 Å². The monoisotopic (exact) mass is 525 g/mol. The molecule has 200 valence electrons. The summed E-state index contributed by atoms with van der Waals surface area (Å²) in [5.74, 6) is 0.00618. The quantitative estimate of drug-likeness (QED) is 0.305. The molecule has 7 nitrogen and oxygen atoms in total. The van der Waals surface area contributed by atoms with E-state index in [0.29, 0.717) is 24.7 Å². The van der Waals surface area contributed by atoms with E-state index >= 15 is 4.39 Å². The first kappa shape index (κ1) is 24.4. The fourth-order valence-corrected chi connectivity index (χ4v) is 6.48. The predicted molar refractivity (Wildman–Crippen MR) is 148 cm³/mol. The van der Waals surface area contributed by atoms with E-state index in [2.05, 4.69) is 45.2 Å². The number of aliphatic hydroxyl groups is 1. The highest BCUT2D eigenvalue weighted by molar-refractivity contribution is 6.07. The molecule has 2 fully saturated rings. The summed E-state index contributed by atoms with van der Waals surface area (Å²) in [6.45, 7) is 3.18. The lowest BCUT2D eigenvalue weighted by atomic mass is 9.86. The summed E-state index contributed by atoms with van der Waals surface area (Å²) in [4.78, 5) is 4.89. The van der Waals surface area contributed by atoms with Crippen molar-refractivity contribution in [2.75, 3.05) is 13.2 Å². The van der Waals surface area contributed by atoms with Gasteiger partial charge in [0.25, 0.3) is 0 Å². The summed E-state index contributed by atoms with van der Waals surface area (Å²) < 4.78 is 25.6. The highest BCUT2D eigenvalue weighted by Gasteiger charge is 2.43. The Morgan fingerprint density at radius 1 is 1.03 bits per heavy atom. The summed E-state index contributed by atoms with van der Waals surface area (Å²) >= 11 is 0. The minimum absolute atomic E-state index is 0.0130. The van der Waals surface area contributed by atoms with Gasteiger partial charge in [0.1, 0.15) is 5.82 Å². The van der Waals surface area contributed by atoms with E-state index in [9.17, 15) is 5.11 Å². The van der Waals surface area contributed by atoms with Gasteiger partial charge in [-0.2, -0.15) is 0 Å². The molecular formula is C31H32FN5O2. The highest BCUT2D eigenvalue weighted by Crippen LogP contribution is 2.48. The van der Waals surface area contributed by atoms with E-state index in [1.807, 2.05) is 25.4 Å². The predicted octanol–water partition coefficient (Wildman–Crippen LogP) is 5.76. The summed E-state index contributed by atoms with van der Waals surface area (Å²) in [6.07, 6.45) is 7.20. The van der Waals surface area contributed by atoms with Gasteiger partial charge in [0.15, 0.2) is 0 Å². The number of hydrogen-bond donors (Lipinski definition) is 1. The number of halogens is 1. The zero-order valence-corrected chi connectivity index (χ0v) is 22.2. The molecule has 7 rings (SSSR count). The minimum Gasteiger partial charge on any atom is -0.385 e. The average molecular weight is 526 g/mol. The van der Waals surface area contributed by atoms with E-state index in [0.717, 1.165) is 58.9 Å². The molecule has 2 aromatic carbocycles. The van der Waals surface area contributed by atoms with Crippen LogP contribution in [0.3, 0.4) is 0 Å². The standard InChI is InChI=1S/C31H32FN5O2/c1-31(38,22-8-9-22)24-16-26-23(15-25(24)32)29-27(14-21(17-33-29)28-18-34-35-36(28)2)37(26)30(19-6-4-3-5-7-19)20-10-12-39-13-11-20/h3-7,14-18,20,22,30,38H,8-13H2,1-2H3/t30-,31?/m1/s1. The molecule has 39 heavy (non-hydrogen) atoms. The second-order valence-corrected chi connectivity index (χ2v) is 11.3. The fraction of sp³-hybridized carbons (Fsp3) is 0.387. The van der Waals surface area contributed by atoms with Gasteiger partial charge in [-0.15, -0.1) is 5.10 Å². The molecule has 1 aliphatic carbocycles. The van der Waals surface area contributed by atoms with Crippen molar-refractivity contribution in [1.82, 2.24) is 24.5 Å². The van der Waals surface area contributed by atoms with Crippen LogP contribution in [0.15, 0.2) is 60.9 Å². The van der Waals surface area contributed by atoms with E-state index in [4.69, 9.17) is 9.72 Å². The van der Waals surface area contributed by atoms with Crippen LogP contribution in [-0.4, -0.2) is 42.9 Å². The Hall–Kier alpha value is -3.62. The first-order valence-electron chi connectivity index (χ1n) is 13.8. The molecule has 0 amide bonds. The van der Waals surface area contributed by atoms with Gasteiger partial charge in [0.05, 0.1) is 40.1 Å². The van der Waals surface area contributed by atoms with Gasteiger partial charge in [-0.05, 0) is 68.2 Å². The maximum atomic E-state index is 15.7. The molecule has 1 aliphatic heterocycles. The van der Waals surface area contributed by atoms with E-state index in [1.54, 1.807) is 23.9 Å². The highest BCUT2D eigenvalue weighted by atomic mass is 19.1. The van der Waals surface area contributed by atoms with Crippen LogP contribution in [0.1, 0.15) is 49.8 Å². The molecule has 1 saturated carbocycles. The maximum Gasteiger partial charge on any atom is 0.130 e. The second-order valence-electron chi connectivity index (χ2n) is 11.3. The summed E-state index contributed by atoms with van der Waals surface area (Å²) in [5, 5.41) is 20.4. The third kappa shape index (κ3) is 4.05. The maximum absolute atomic E-state index is 15.7. The van der Waals surface area contributed by atoms with Crippen molar-refractivity contribution in [3.63, 3.8) is 0 Å². The smallest absolute Gasteiger partial charge is 0.130 e. The molecule has 0 bridgehead atoms. The van der Waals surface area contributed by atoms with Crippen LogP contribution in [0.2, 0.25) is 0 Å². The van der Waals surface area contributed by atoms with E-state index in [-0.39, 0.29) is 17.8 Å². The van der Waals surface area contributed by atoms with Crippen LogP contribution in [0.4, 0.5) is 4.39 Å². The average Bonchev–Trinajstić information content (AvgIpc) is 3.67. The van der Waals surface area contributed by atoms with Gasteiger partial charge in [0.2, 0.25) is 0 Å². The third-order valence-electron chi connectivity index (χ3n) is 8.79. The molecule has 1 N–H and O–H groups in total. The number of pyridine rings is 1. The Balaban J connectivity index is 1.55. The first-order chi connectivity index (χ1) is 18.9. The number of benzene rings is 2. The number of ether oxygens (including phenoxy) is 1. The fourth-order valence-electron chi connectivity index (χ4n) is 6.48. The van der Waals surface area contributed by atoms with Crippen LogP contribution in [0.5, 0.6) is 0 Å². The molecule has 4 heterocycles. The molecule has 2 atom stereocenters. The van der Waals surface area contributed by atoms with Crippen LogP contribution in [0.25, 0.3) is 33.2 Å². The number of aryl methyl sites for hydroxylation is 1. The van der Waals surface area contributed by atoms with Crippen molar-refractivity contribution in [3.8, 4) is 11.3 Å². The Kier molecular flexibility index (Phi) is 5.79. The van der Waals surface area contributed by atoms with Gasteiger partial charge >= 0.3 is 0 Å². The zero-order chi connectivity index (χ0) is 26.7. The molecule has 3 aromatic heterocycles. The lowest BCUT2D eigenvalue weighted by molar-refractivity contribution is 0.0296. The minimum atomic E-state index is -1.22. The number of fused-ring (bicyclic) bond motifs is 3. The lowest BCUT2D eigenvalue weighted by Crippen LogP contribution is -2.27. The summed E-state index contributed by atoms with van der Waals surface area (Å²) in [5.41, 5.74) is 4.62. The van der Waals surface area contributed by atoms with Gasteiger partial charge in [0, 0.05) is 43.0 Å². The first-order valence-corrected chi connectivity index (χ1v) is 13.8. The van der Waals surface area contributed by atoms with E-state index < -0.39 is 5.60 Å². The zero-order valence-electron chi connectivity index (χ0n) is 22.2. The molecule has 1 unspecified atom stereocenters. The number of aromatic nitrogens is 5. The second kappa shape index (κ2) is 9.24. The van der Waals surface area contributed by atoms with Crippen LogP contribution < -0.4 is 0 Å². The summed E-state index contributed by atoms with van der Waals surface area (Å²) in [6, 6.07) is 16.1. The SMILES string of the molecule is Cn1nncc1-c1cnc2c3cc(F)c(C(C)(O)C4CC4)cc3n([C@H](c3ccccc3)C3CCOCC3)c2c1. The molecule has 5 aromatic rings. The molecule has 8 heteroatoms.